The molecule has 2 unspecified atom stereocenters. The molecule has 0 N–H and O–H groups in total. The monoisotopic (exact) mass is 513 g/mol. The van der Waals surface area contributed by atoms with E-state index in [9.17, 15) is 14.0 Å². The molecule has 6 rings (SSSR count). The lowest BCUT2D eigenvalue weighted by Crippen LogP contribution is -2.56. The lowest BCUT2D eigenvalue weighted by atomic mass is 9.76. The first-order valence-electron chi connectivity index (χ1n) is 13.5. The van der Waals surface area contributed by atoms with Gasteiger partial charge in [0.05, 0.1) is 7.11 Å². The molecule has 3 aromatic rings. The van der Waals surface area contributed by atoms with Crippen molar-refractivity contribution >= 4 is 11.9 Å². The number of ether oxygens (including phenoxy) is 2. The summed E-state index contributed by atoms with van der Waals surface area (Å²) < 4.78 is 25.1. The number of hydrogen-bond acceptors (Lipinski definition) is 4. The van der Waals surface area contributed by atoms with Crippen LogP contribution in [0.5, 0.6) is 5.75 Å². The minimum absolute atomic E-state index is 0.00542. The van der Waals surface area contributed by atoms with Crippen LogP contribution in [0.15, 0.2) is 66.7 Å². The molecule has 0 radical (unpaired) electrons. The second-order valence-electron chi connectivity index (χ2n) is 10.8. The smallest absolute Gasteiger partial charge is 0.410 e. The molecular weight excluding hydrogens is 481 g/mol. The van der Waals surface area contributed by atoms with E-state index in [0.29, 0.717) is 30.8 Å². The Morgan fingerprint density at radius 3 is 2.18 bits per heavy atom. The van der Waals surface area contributed by atoms with E-state index in [-0.39, 0.29) is 42.2 Å². The highest BCUT2D eigenvalue weighted by Gasteiger charge is 2.44. The molecule has 3 aliphatic rings. The molecule has 1 aliphatic carbocycles. The van der Waals surface area contributed by atoms with Crippen LogP contribution in [0.4, 0.5) is 9.18 Å². The van der Waals surface area contributed by atoms with Crippen LogP contribution in [0.2, 0.25) is 0 Å². The lowest BCUT2D eigenvalue weighted by molar-refractivity contribution is -0.126. The average molecular weight is 514 g/mol. The quantitative estimate of drug-likeness (QED) is 0.376. The Hall–Kier alpha value is -3.67. The molecule has 0 aromatic heterocycles. The molecule has 38 heavy (non-hydrogen) atoms. The first-order valence-corrected chi connectivity index (χ1v) is 13.5. The van der Waals surface area contributed by atoms with Crippen LogP contribution in [-0.4, -0.2) is 42.6 Å². The SMILES string of the molecule is COc1cc(F)cc(CC(=O)C2CC3CCCC(C2)N3C(=O)OCC2c3ccccc3-c3ccccc32)c1. The molecule has 0 spiro atoms. The molecule has 2 aliphatic heterocycles. The van der Waals surface area contributed by atoms with Crippen molar-refractivity contribution in [3.05, 3.63) is 89.2 Å². The topological polar surface area (TPSA) is 55.8 Å². The van der Waals surface area contributed by atoms with Crippen LogP contribution in [0.3, 0.4) is 0 Å². The predicted octanol–water partition coefficient (Wildman–Crippen LogP) is 6.53. The molecule has 196 valence electrons. The van der Waals surface area contributed by atoms with Crippen molar-refractivity contribution < 1.29 is 23.5 Å². The molecule has 2 saturated heterocycles. The van der Waals surface area contributed by atoms with Crippen molar-refractivity contribution in [1.29, 1.82) is 0 Å². The number of methoxy groups -OCH3 is 1. The van der Waals surface area contributed by atoms with E-state index in [1.807, 2.05) is 29.2 Å². The van der Waals surface area contributed by atoms with Gasteiger partial charge in [0.25, 0.3) is 0 Å². The Morgan fingerprint density at radius 1 is 0.921 bits per heavy atom. The Bertz CT molecular complexity index is 1310. The van der Waals surface area contributed by atoms with Crippen LogP contribution in [0, 0.1) is 11.7 Å². The summed E-state index contributed by atoms with van der Waals surface area (Å²) in [6, 6.07) is 21.1. The Kier molecular flexibility index (Phi) is 6.64. The summed E-state index contributed by atoms with van der Waals surface area (Å²) in [7, 11) is 1.49. The van der Waals surface area contributed by atoms with Crippen LogP contribution in [0.25, 0.3) is 11.1 Å². The van der Waals surface area contributed by atoms with E-state index in [4.69, 9.17) is 9.47 Å². The van der Waals surface area contributed by atoms with Crippen LogP contribution in [-0.2, 0) is 16.0 Å². The minimum Gasteiger partial charge on any atom is -0.497 e. The maximum absolute atomic E-state index is 13.9. The van der Waals surface area contributed by atoms with Gasteiger partial charge >= 0.3 is 6.09 Å². The highest BCUT2D eigenvalue weighted by atomic mass is 19.1. The summed E-state index contributed by atoms with van der Waals surface area (Å²) in [5.74, 6) is -0.0173. The van der Waals surface area contributed by atoms with E-state index in [2.05, 4.69) is 24.3 Å². The van der Waals surface area contributed by atoms with Gasteiger partial charge in [-0.05, 0) is 72.1 Å². The molecule has 3 aromatic carbocycles. The number of Topliss-reactive ketones (excluding diaryl/α,β-unsaturated/α-hetero) is 1. The van der Waals surface area contributed by atoms with E-state index >= 15 is 0 Å². The third kappa shape index (κ3) is 4.57. The number of halogens is 1. The van der Waals surface area contributed by atoms with Crippen molar-refractivity contribution in [2.75, 3.05) is 13.7 Å². The highest BCUT2D eigenvalue weighted by molar-refractivity contribution is 5.84. The number of amides is 1. The molecule has 2 atom stereocenters. The van der Waals surface area contributed by atoms with E-state index in [1.54, 1.807) is 6.07 Å². The number of hydrogen-bond donors (Lipinski definition) is 0. The summed E-state index contributed by atoms with van der Waals surface area (Å²) >= 11 is 0. The summed E-state index contributed by atoms with van der Waals surface area (Å²) in [6.45, 7) is 0.298. The van der Waals surface area contributed by atoms with Crippen molar-refractivity contribution in [3.8, 4) is 16.9 Å². The largest absolute Gasteiger partial charge is 0.497 e. The fraction of sp³-hybridized carbons (Fsp3) is 0.375. The second-order valence-corrected chi connectivity index (χ2v) is 10.8. The Balaban J connectivity index is 1.13. The number of carbonyl (C=O) groups excluding carboxylic acids is 2. The molecule has 2 fully saturated rings. The van der Waals surface area contributed by atoms with Crippen molar-refractivity contribution in [3.63, 3.8) is 0 Å². The van der Waals surface area contributed by atoms with Gasteiger partial charge in [-0.3, -0.25) is 4.79 Å². The number of piperidine rings is 2. The van der Waals surface area contributed by atoms with Gasteiger partial charge in [-0.25, -0.2) is 9.18 Å². The number of rotatable bonds is 6. The van der Waals surface area contributed by atoms with Gasteiger partial charge in [0.15, 0.2) is 0 Å². The van der Waals surface area contributed by atoms with Crippen LogP contribution < -0.4 is 4.74 Å². The fourth-order valence-electron chi connectivity index (χ4n) is 6.80. The molecule has 5 nitrogen and oxygen atoms in total. The number of fused-ring (bicyclic) bond motifs is 5. The van der Waals surface area contributed by atoms with E-state index in [0.717, 1.165) is 19.3 Å². The van der Waals surface area contributed by atoms with Gasteiger partial charge in [-0.2, -0.15) is 0 Å². The zero-order valence-electron chi connectivity index (χ0n) is 21.6. The Morgan fingerprint density at radius 2 is 1.55 bits per heavy atom. The fourth-order valence-corrected chi connectivity index (χ4v) is 6.80. The van der Waals surface area contributed by atoms with Crippen LogP contribution in [0.1, 0.15) is 54.7 Å². The molecule has 2 bridgehead atoms. The van der Waals surface area contributed by atoms with Gasteiger partial charge in [-0.15, -0.1) is 0 Å². The lowest BCUT2D eigenvalue weighted by Gasteiger charge is -2.47. The van der Waals surface area contributed by atoms with Crippen molar-refractivity contribution in [1.82, 2.24) is 4.90 Å². The molecule has 2 heterocycles. The second kappa shape index (κ2) is 10.2. The standard InChI is InChI=1S/C32H32FNO4/c1-37-25-14-20(13-22(33)18-25)15-31(35)21-16-23-7-6-8-24(17-21)34(23)32(36)38-19-30-28-11-4-2-9-26(28)27-10-3-5-12-29(27)30/h2-5,9-14,18,21,23-24,30H,6-8,15-17,19H2,1H3. The third-order valence-electron chi connectivity index (χ3n) is 8.52. The average Bonchev–Trinajstić information content (AvgIpc) is 3.24. The predicted molar refractivity (Wildman–Crippen MR) is 143 cm³/mol. The minimum atomic E-state index is -0.408. The number of ketones is 1. The molecule has 6 heteroatoms. The van der Waals surface area contributed by atoms with Gasteiger partial charge in [0, 0.05) is 36.4 Å². The van der Waals surface area contributed by atoms with Crippen LogP contribution >= 0.6 is 0 Å². The number of nitrogens with zero attached hydrogens (tertiary/aromatic N) is 1. The summed E-state index contributed by atoms with van der Waals surface area (Å²) in [6.07, 6.45) is 3.95. The molecule has 0 saturated carbocycles. The van der Waals surface area contributed by atoms with Gasteiger partial charge in [-0.1, -0.05) is 48.5 Å². The van der Waals surface area contributed by atoms with Gasteiger partial charge in [0.2, 0.25) is 0 Å². The van der Waals surface area contributed by atoms with E-state index in [1.165, 1.54) is 41.5 Å². The Labute approximate surface area is 222 Å². The maximum atomic E-state index is 13.9. The first-order chi connectivity index (χ1) is 18.5. The number of benzene rings is 3. The zero-order valence-corrected chi connectivity index (χ0v) is 21.6. The third-order valence-corrected chi connectivity index (χ3v) is 8.52. The summed E-state index contributed by atoms with van der Waals surface area (Å²) in [5.41, 5.74) is 5.42. The van der Waals surface area contributed by atoms with Gasteiger partial charge in [0.1, 0.15) is 24.0 Å². The summed E-state index contributed by atoms with van der Waals surface area (Å²) in [4.78, 5) is 28.6. The number of carbonyl (C=O) groups is 2. The van der Waals surface area contributed by atoms with Crippen molar-refractivity contribution in [2.24, 2.45) is 5.92 Å². The first kappa shape index (κ1) is 24.7. The maximum Gasteiger partial charge on any atom is 0.410 e. The molecule has 1 amide bonds. The van der Waals surface area contributed by atoms with Crippen molar-refractivity contribution in [2.45, 2.75) is 56.5 Å². The zero-order chi connectivity index (χ0) is 26.2. The van der Waals surface area contributed by atoms with E-state index < -0.39 is 5.82 Å². The molecular formula is C32H32FNO4. The van der Waals surface area contributed by atoms with Gasteiger partial charge < -0.3 is 14.4 Å². The highest BCUT2D eigenvalue weighted by Crippen LogP contribution is 2.45. The summed E-state index contributed by atoms with van der Waals surface area (Å²) in [5, 5.41) is 0. The normalized spacial score (nSPS) is 21.9.